The predicted molar refractivity (Wildman–Crippen MR) is 90.6 cm³/mol. The smallest absolute Gasteiger partial charge is 0.270 e. The van der Waals surface area contributed by atoms with Gasteiger partial charge in [-0.2, -0.15) is 5.26 Å². The van der Waals surface area contributed by atoms with E-state index in [0.717, 1.165) is 11.3 Å². The Kier molecular flexibility index (Phi) is 4.39. The van der Waals surface area contributed by atoms with Gasteiger partial charge in [0.25, 0.3) is 5.91 Å². The minimum atomic E-state index is -0.201. The van der Waals surface area contributed by atoms with E-state index in [1.807, 2.05) is 49.4 Å². The van der Waals surface area contributed by atoms with E-state index in [9.17, 15) is 4.79 Å². The van der Waals surface area contributed by atoms with Crippen LogP contribution in [0.1, 0.15) is 34.6 Å². The van der Waals surface area contributed by atoms with Gasteiger partial charge in [0.15, 0.2) is 0 Å². The number of nitrogens with one attached hydrogen (secondary N) is 1. The number of nitriles is 1. The van der Waals surface area contributed by atoms with Crippen molar-refractivity contribution in [3.8, 4) is 11.8 Å². The minimum Gasteiger partial charge on any atom is -0.344 e. The summed E-state index contributed by atoms with van der Waals surface area (Å²) in [4.78, 5) is 16.7. The number of aromatic nitrogens is 2. The van der Waals surface area contributed by atoms with Gasteiger partial charge in [-0.25, -0.2) is 4.98 Å². The van der Waals surface area contributed by atoms with Crippen LogP contribution in [0.15, 0.2) is 67.1 Å². The summed E-state index contributed by atoms with van der Waals surface area (Å²) < 4.78 is 1.75. The van der Waals surface area contributed by atoms with E-state index in [1.165, 1.54) is 0 Å². The first kappa shape index (κ1) is 15.5. The van der Waals surface area contributed by atoms with Gasteiger partial charge in [0.05, 0.1) is 30.2 Å². The molecule has 1 aromatic heterocycles. The number of rotatable bonds is 4. The molecule has 0 saturated heterocycles. The fourth-order valence-electron chi connectivity index (χ4n) is 2.46. The number of para-hydroxylation sites is 1. The highest BCUT2D eigenvalue weighted by molar-refractivity contribution is 5.93. The molecule has 1 N–H and O–H groups in total. The number of imidazole rings is 1. The summed E-state index contributed by atoms with van der Waals surface area (Å²) in [5, 5.41) is 11.8. The van der Waals surface area contributed by atoms with Crippen LogP contribution in [0, 0.1) is 11.3 Å². The van der Waals surface area contributed by atoms with Crippen molar-refractivity contribution in [1.29, 1.82) is 5.26 Å². The zero-order valence-corrected chi connectivity index (χ0v) is 13.2. The molecule has 3 aromatic rings. The lowest BCUT2D eigenvalue weighted by atomic mass is 10.1. The van der Waals surface area contributed by atoms with Crippen molar-refractivity contribution in [2.45, 2.75) is 13.0 Å². The van der Waals surface area contributed by atoms with Crippen molar-refractivity contribution >= 4 is 5.91 Å². The molecule has 0 aliphatic rings. The van der Waals surface area contributed by atoms with E-state index >= 15 is 0 Å². The summed E-state index contributed by atoms with van der Waals surface area (Å²) in [6, 6.07) is 18.7. The average molecular weight is 316 g/mol. The van der Waals surface area contributed by atoms with E-state index in [2.05, 4.69) is 16.4 Å². The van der Waals surface area contributed by atoms with Crippen molar-refractivity contribution in [3.05, 3.63) is 83.9 Å². The summed E-state index contributed by atoms with van der Waals surface area (Å²) in [6.45, 7) is 1.91. The standard InChI is InChI=1S/C19H16N4O/c1-14(16-9-7-15(11-20)8-10-16)22-19(24)18-12-21-13-23(18)17-5-3-2-4-6-17/h2-10,12-14H,1H3,(H,22,24). The largest absolute Gasteiger partial charge is 0.344 e. The number of carbonyl (C=O) groups excluding carboxylic acids is 1. The quantitative estimate of drug-likeness (QED) is 0.803. The van der Waals surface area contributed by atoms with Crippen molar-refractivity contribution in [1.82, 2.24) is 14.9 Å². The maximum absolute atomic E-state index is 12.6. The van der Waals surface area contributed by atoms with Gasteiger partial charge in [-0.15, -0.1) is 0 Å². The van der Waals surface area contributed by atoms with Crippen LogP contribution in [-0.4, -0.2) is 15.5 Å². The summed E-state index contributed by atoms with van der Waals surface area (Å²) in [7, 11) is 0. The number of hydrogen-bond donors (Lipinski definition) is 1. The Bertz CT molecular complexity index is 876. The molecule has 118 valence electrons. The molecule has 24 heavy (non-hydrogen) atoms. The Balaban J connectivity index is 1.78. The first-order valence-electron chi connectivity index (χ1n) is 7.57. The second-order valence-corrected chi connectivity index (χ2v) is 5.41. The predicted octanol–water partition coefficient (Wildman–Crippen LogP) is 3.23. The Hall–Kier alpha value is -3.39. The molecule has 2 aromatic carbocycles. The molecule has 0 fully saturated rings. The monoisotopic (exact) mass is 316 g/mol. The zero-order chi connectivity index (χ0) is 16.9. The molecular formula is C19H16N4O. The lowest BCUT2D eigenvalue weighted by Crippen LogP contribution is -2.28. The average Bonchev–Trinajstić information content (AvgIpc) is 3.12. The molecule has 0 saturated carbocycles. The van der Waals surface area contributed by atoms with Crippen LogP contribution in [0.4, 0.5) is 0 Å². The Labute approximate surface area is 140 Å². The Morgan fingerprint density at radius 1 is 1.17 bits per heavy atom. The van der Waals surface area contributed by atoms with Crippen LogP contribution >= 0.6 is 0 Å². The lowest BCUT2D eigenvalue weighted by molar-refractivity contribution is 0.0933. The molecule has 5 heteroatoms. The van der Waals surface area contributed by atoms with Crippen LogP contribution in [0.25, 0.3) is 5.69 Å². The third-order valence-electron chi connectivity index (χ3n) is 3.79. The van der Waals surface area contributed by atoms with Gasteiger partial charge in [0, 0.05) is 5.69 Å². The van der Waals surface area contributed by atoms with E-state index in [1.54, 1.807) is 29.2 Å². The molecule has 0 bridgehead atoms. The summed E-state index contributed by atoms with van der Waals surface area (Å²) >= 11 is 0. The fraction of sp³-hybridized carbons (Fsp3) is 0.105. The van der Waals surface area contributed by atoms with Crippen LogP contribution in [-0.2, 0) is 0 Å². The van der Waals surface area contributed by atoms with Gasteiger partial charge in [0.1, 0.15) is 5.69 Å². The highest BCUT2D eigenvalue weighted by Crippen LogP contribution is 2.15. The van der Waals surface area contributed by atoms with Gasteiger partial charge in [-0.3, -0.25) is 9.36 Å². The molecule has 3 rings (SSSR count). The maximum Gasteiger partial charge on any atom is 0.270 e. The van der Waals surface area contributed by atoms with Gasteiger partial charge in [-0.1, -0.05) is 30.3 Å². The Morgan fingerprint density at radius 2 is 1.88 bits per heavy atom. The van der Waals surface area contributed by atoms with Crippen LogP contribution < -0.4 is 5.32 Å². The molecule has 0 radical (unpaired) electrons. The van der Waals surface area contributed by atoms with Crippen LogP contribution in [0.5, 0.6) is 0 Å². The Morgan fingerprint density at radius 3 is 2.54 bits per heavy atom. The van der Waals surface area contributed by atoms with Gasteiger partial charge >= 0.3 is 0 Å². The van der Waals surface area contributed by atoms with E-state index in [-0.39, 0.29) is 11.9 Å². The first-order valence-corrected chi connectivity index (χ1v) is 7.57. The molecule has 1 heterocycles. The van der Waals surface area contributed by atoms with Gasteiger partial charge < -0.3 is 5.32 Å². The number of nitrogens with zero attached hydrogens (tertiary/aromatic N) is 3. The van der Waals surface area contributed by atoms with Crippen molar-refractivity contribution in [2.24, 2.45) is 0 Å². The molecule has 0 aliphatic carbocycles. The number of carbonyl (C=O) groups is 1. The fourth-order valence-corrected chi connectivity index (χ4v) is 2.46. The van der Waals surface area contributed by atoms with Crippen LogP contribution in [0.2, 0.25) is 0 Å². The lowest BCUT2D eigenvalue weighted by Gasteiger charge is -2.15. The normalized spacial score (nSPS) is 11.5. The summed E-state index contributed by atoms with van der Waals surface area (Å²) in [6.07, 6.45) is 3.17. The third kappa shape index (κ3) is 3.18. The van der Waals surface area contributed by atoms with Crippen molar-refractivity contribution in [2.75, 3.05) is 0 Å². The van der Waals surface area contributed by atoms with Crippen molar-refractivity contribution < 1.29 is 4.79 Å². The third-order valence-corrected chi connectivity index (χ3v) is 3.79. The highest BCUT2D eigenvalue weighted by atomic mass is 16.2. The number of hydrogen-bond acceptors (Lipinski definition) is 3. The van der Waals surface area contributed by atoms with Crippen molar-refractivity contribution in [3.63, 3.8) is 0 Å². The summed E-state index contributed by atoms with van der Waals surface area (Å²) in [5.74, 6) is -0.201. The zero-order valence-electron chi connectivity index (χ0n) is 13.2. The van der Waals surface area contributed by atoms with Gasteiger partial charge in [-0.05, 0) is 36.8 Å². The minimum absolute atomic E-state index is 0.177. The molecular weight excluding hydrogens is 300 g/mol. The SMILES string of the molecule is CC(NC(=O)c1cncn1-c1ccccc1)c1ccc(C#N)cc1. The molecule has 1 unspecified atom stereocenters. The van der Waals surface area contributed by atoms with Crippen LogP contribution in [0.3, 0.4) is 0 Å². The van der Waals surface area contributed by atoms with Gasteiger partial charge in [0.2, 0.25) is 0 Å². The molecule has 5 nitrogen and oxygen atoms in total. The first-order chi connectivity index (χ1) is 11.7. The molecule has 1 amide bonds. The maximum atomic E-state index is 12.6. The topological polar surface area (TPSA) is 70.7 Å². The highest BCUT2D eigenvalue weighted by Gasteiger charge is 2.16. The number of amides is 1. The second kappa shape index (κ2) is 6.80. The number of benzene rings is 2. The van der Waals surface area contributed by atoms with E-state index in [0.29, 0.717) is 11.3 Å². The molecule has 0 aliphatic heterocycles. The van der Waals surface area contributed by atoms with E-state index in [4.69, 9.17) is 5.26 Å². The second-order valence-electron chi connectivity index (χ2n) is 5.41. The summed E-state index contributed by atoms with van der Waals surface area (Å²) in [5.41, 5.74) is 2.89. The molecule has 0 spiro atoms. The van der Waals surface area contributed by atoms with E-state index < -0.39 is 0 Å². The molecule has 1 atom stereocenters.